The highest BCUT2D eigenvalue weighted by molar-refractivity contribution is 6.57. The summed E-state index contributed by atoms with van der Waals surface area (Å²) >= 11 is 0. The maximum atomic E-state index is 9.17. The maximum Gasteiger partial charge on any atom is 0.526 e. The van der Waals surface area contributed by atoms with E-state index in [4.69, 9.17) is 14.5 Å². The Kier molecular flexibility index (Phi) is 3.11. The molecule has 0 spiro atoms. The van der Waals surface area contributed by atoms with Crippen LogP contribution in [0.3, 0.4) is 0 Å². The molecule has 19 heavy (non-hydrogen) atoms. The van der Waals surface area contributed by atoms with Crippen molar-refractivity contribution in [1.29, 1.82) is 0 Å². The lowest BCUT2D eigenvalue weighted by Crippen LogP contribution is -2.27. The summed E-state index contributed by atoms with van der Waals surface area (Å²) in [6.45, 7) is 0. The van der Waals surface area contributed by atoms with Crippen LogP contribution in [0, 0.1) is 0 Å². The molecule has 0 amide bonds. The second-order valence-corrected chi connectivity index (χ2v) is 4.52. The molecule has 94 valence electrons. The second-order valence-electron chi connectivity index (χ2n) is 4.52. The Bertz CT molecular complexity index is 689. The maximum absolute atomic E-state index is 9.17. The molecule has 0 aliphatic heterocycles. The third-order valence-electron chi connectivity index (χ3n) is 3.14. The predicted octanol–water partition coefficient (Wildman–Crippen LogP) is 1.70. The molecule has 0 aliphatic carbocycles. The van der Waals surface area contributed by atoms with Gasteiger partial charge >= 0.3 is 7.12 Å². The van der Waals surface area contributed by atoms with Crippen LogP contribution in [0.4, 0.5) is 0 Å². The number of rotatable bonds is 3. The van der Waals surface area contributed by atoms with Crippen LogP contribution in [0.25, 0.3) is 11.0 Å². The Morgan fingerprint density at radius 2 is 1.74 bits per heavy atom. The smallest absolute Gasteiger partial charge is 0.464 e. The van der Waals surface area contributed by atoms with E-state index in [0.717, 1.165) is 23.0 Å². The zero-order valence-corrected chi connectivity index (χ0v) is 10.3. The minimum Gasteiger partial charge on any atom is -0.464 e. The van der Waals surface area contributed by atoms with Gasteiger partial charge in [0.1, 0.15) is 11.2 Å². The van der Waals surface area contributed by atoms with E-state index >= 15 is 0 Å². The van der Waals surface area contributed by atoms with Gasteiger partial charge in [-0.25, -0.2) is 0 Å². The van der Waals surface area contributed by atoms with Crippen molar-refractivity contribution in [2.24, 2.45) is 0 Å². The van der Waals surface area contributed by atoms with E-state index in [0.29, 0.717) is 0 Å². The van der Waals surface area contributed by atoms with E-state index in [1.165, 1.54) is 5.56 Å². The fourth-order valence-electron chi connectivity index (χ4n) is 2.23. The molecular weight excluding hydrogens is 239 g/mol. The highest BCUT2D eigenvalue weighted by Crippen LogP contribution is 2.21. The molecule has 4 heteroatoms. The fourth-order valence-corrected chi connectivity index (χ4v) is 2.23. The lowest BCUT2D eigenvalue weighted by Gasteiger charge is -2.02. The predicted molar refractivity (Wildman–Crippen MR) is 75.3 cm³/mol. The summed E-state index contributed by atoms with van der Waals surface area (Å²) in [7, 11) is -1.57. The molecule has 0 bridgehead atoms. The van der Waals surface area contributed by atoms with Gasteiger partial charge in [0.05, 0.1) is 0 Å². The zero-order valence-electron chi connectivity index (χ0n) is 10.3. The summed E-state index contributed by atoms with van der Waals surface area (Å²) < 4.78 is 5.53. The Morgan fingerprint density at radius 1 is 0.947 bits per heavy atom. The molecule has 2 N–H and O–H groups in total. The summed E-state index contributed by atoms with van der Waals surface area (Å²) in [6, 6.07) is 17.6. The van der Waals surface area contributed by atoms with Gasteiger partial charge < -0.3 is 14.5 Å². The average molecular weight is 252 g/mol. The molecule has 2 aromatic carbocycles. The van der Waals surface area contributed by atoms with Gasteiger partial charge in [-0.15, -0.1) is 0 Å². The van der Waals surface area contributed by atoms with Crippen LogP contribution in [0.2, 0.25) is 0 Å². The summed E-state index contributed by atoms with van der Waals surface area (Å²) in [5.41, 5.74) is 3.12. The Balaban J connectivity index is 2.04. The number of fused-ring (bicyclic) bond motifs is 1. The van der Waals surface area contributed by atoms with Gasteiger partial charge in [-0.05, 0) is 17.2 Å². The number of furan rings is 1. The molecule has 0 atom stereocenters. The first-order chi connectivity index (χ1) is 9.24. The van der Waals surface area contributed by atoms with Crippen LogP contribution in [0.15, 0.2) is 59.0 Å². The standard InChI is InChI=1S/C15H13BO3/c17-16(18)14-10-13-8-4-7-12(15(13)19-14)9-11-5-2-1-3-6-11/h1-8,10,17-18H,9H2. The average Bonchev–Trinajstić information content (AvgIpc) is 2.85. The first-order valence-electron chi connectivity index (χ1n) is 6.15. The molecule has 0 saturated heterocycles. The highest BCUT2D eigenvalue weighted by Gasteiger charge is 2.18. The lowest BCUT2D eigenvalue weighted by molar-refractivity contribution is 0.412. The molecule has 0 unspecified atom stereocenters. The van der Waals surface area contributed by atoms with Gasteiger partial charge in [0.15, 0.2) is 0 Å². The van der Waals surface area contributed by atoms with Crippen molar-refractivity contribution in [3.05, 3.63) is 65.7 Å². The van der Waals surface area contributed by atoms with Crippen LogP contribution < -0.4 is 5.66 Å². The van der Waals surface area contributed by atoms with Gasteiger partial charge in [-0.2, -0.15) is 0 Å². The van der Waals surface area contributed by atoms with E-state index in [1.54, 1.807) is 6.07 Å². The molecule has 0 fully saturated rings. The zero-order chi connectivity index (χ0) is 13.2. The molecule has 0 aliphatic rings. The molecule has 1 heterocycles. The minimum atomic E-state index is -1.57. The molecule has 3 aromatic rings. The molecule has 3 rings (SSSR count). The van der Waals surface area contributed by atoms with Crippen LogP contribution in [-0.4, -0.2) is 17.2 Å². The Hall–Kier alpha value is -2.04. The highest BCUT2D eigenvalue weighted by atomic mass is 16.4. The Morgan fingerprint density at radius 3 is 2.47 bits per heavy atom. The SMILES string of the molecule is OB(O)c1cc2cccc(Cc3ccccc3)c2o1. The summed E-state index contributed by atoms with van der Waals surface area (Å²) in [6.07, 6.45) is 0.757. The van der Waals surface area contributed by atoms with Crippen molar-refractivity contribution < 1.29 is 14.5 Å². The first-order valence-corrected chi connectivity index (χ1v) is 6.15. The second kappa shape index (κ2) is 4.92. The minimum absolute atomic E-state index is 0.176. The summed E-state index contributed by atoms with van der Waals surface area (Å²) in [4.78, 5) is 0. The molecular formula is C15H13BO3. The van der Waals surface area contributed by atoms with Crippen molar-refractivity contribution >= 4 is 23.7 Å². The van der Waals surface area contributed by atoms with E-state index in [-0.39, 0.29) is 5.66 Å². The van der Waals surface area contributed by atoms with E-state index < -0.39 is 7.12 Å². The van der Waals surface area contributed by atoms with Crippen molar-refractivity contribution in [1.82, 2.24) is 0 Å². The van der Waals surface area contributed by atoms with Crippen molar-refractivity contribution in [3.8, 4) is 0 Å². The summed E-state index contributed by atoms with van der Waals surface area (Å²) in [5.74, 6) is 0. The number of hydrogen-bond acceptors (Lipinski definition) is 3. The quantitative estimate of drug-likeness (QED) is 0.697. The molecule has 0 saturated carbocycles. The van der Waals surface area contributed by atoms with E-state index in [1.807, 2.05) is 36.4 Å². The molecule has 3 nitrogen and oxygen atoms in total. The van der Waals surface area contributed by atoms with Crippen LogP contribution in [0.1, 0.15) is 11.1 Å². The first kappa shape index (κ1) is 12.0. The van der Waals surface area contributed by atoms with Gasteiger partial charge in [-0.3, -0.25) is 0 Å². The largest absolute Gasteiger partial charge is 0.526 e. The van der Waals surface area contributed by atoms with E-state index in [2.05, 4.69) is 12.1 Å². The van der Waals surface area contributed by atoms with Gasteiger partial charge in [-0.1, -0.05) is 48.5 Å². The van der Waals surface area contributed by atoms with Crippen LogP contribution in [-0.2, 0) is 6.42 Å². The summed E-state index contributed by atoms with van der Waals surface area (Å²) in [5, 5.41) is 19.2. The van der Waals surface area contributed by atoms with Crippen LogP contribution >= 0.6 is 0 Å². The molecule has 1 aromatic heterocycles. The van der Waals surface area contributed by atoms with Gasteiger partial charge in [0, 0.05) is 11.8 Å². The van der Waals surface area contributed by atoms with Crippen molar-refractivity contribution in [3.63, 3.8) is 0 Å². The van der Waals surface area contributed by atoms with Gasteiger partial charge in [0.2, 0.25) is 0 Å². The normalized spacial score (nSPS) is 10.8. The van der Waals surface area contributed by atoms with Crippen LogP contribution in [0.5, 0.6) is 0 Å². The Labute approximate surface area is 111 Å². The monoisotopic (exact) mass is 252 g/mol. The number of benzene rings is 2. The molecule has 0 radical (unpaired) electrons. The number of hydrogen-bond donors (Lipinski definition) is 2. The van der Waals surface area contributed by atoms with Crippen molar-refractivity contribution in [2.75, 3.05) is 0 Å². The van der Waals surface area contributed by atoms with E-state index in [9.17, 15) is 0 Å². The third-order valence-corrected chi connectivity index (χ3v) is 3.14. The lowest BCUT2D eigenvalue weighted by atomic mass is 9.88. The topological polar surface area (TPSA) is 53.6 Å². The number of para-hydroxylation sites is 1. The fraction of sp³-hybridized carbons (Fsp3) is 0.0667. The van der Waals surface area contributed by atoms with Crippen molar-refractivity contribution in [2.45, 2.75) is 6.42 Å². The van der Waals surface area contributed by atoms with Gasteiger partial charge in [0.25, 0.3) is 0 Å². The third kappa shape index (κ3) is 2.41.